The molecule has 0 bridgehead atoms. The molecule has 0 amide bonds. The standard InChI is InChI=1S/C12H13NO2S/c1-3-8-5-6-9(7-13)10(11(8)16)12(14)15-4-2/h5-6,16H,3-4H2,1-2H3. The molecule has 3 nitrogen and oxygen atoms in total. The van der Waals surface area contributed by atoms with Crippen LogP contribution in [0.4, 0.5) is 0 Å². The molecule has 0 saturated carbocycles. The molecule has 0 N–H and O–H groups in total. The molecule has 16 heavy (non-hydrogen) atoms. The normalized spacial score (nSPS) is 9.62. The first kappa shape index (κ1) is 12.6. The van der Waals surface area contributed by atoms with Gasteiger partial charge in [0.15, 0.2) is 0 Å². The van der Waals surface area contributed by atoms with Crippen LogP contribution in [0.25, 0.3) is 0 Å². The van der Waals surface area contributed by atoms with Crippen LogP contribution in [0, 0.1) is 11.3 Å². The maximum absolute atomic E-state index is 11.7. The second-order valence-corrected chi connectivity index (χ2v) is 3.63. The maximum Gasteiger partial charge on any atom is 0.340 e. The van der Waals surface area contributed by atoms with Crippen molar-refractivity contribution in [3.63, 3.8) is 0 Å². The van der Waals surface area contributed by atoms with Crippen LogP contribution in [0.15, 0.2) is 17.0 Å². The van der Waals surface area contributed by atoms with Gasteiger partial charge in [0.1, 0.15) is 6.07 Å². The summed E-state index contributed by atoms with van der Waals surface area (Å²) in [6.45, 7) is 3.98. The van der Waals surface area contributed by atoms with Gasteiger partial charge in [-0.15, -0.1) is 12.6 Å². The molecule has 0 spiro atoms. The highest BCUT2D eigenvalue weighted by atomic mass is 32.1. The number of carbonyl (C=O) groups is 1. The van der Waals surface area contributed by atoms with Gasteiger partial charge >= 0.3 is 5.97 Å². The van der Waals surface area contributed by atoms with Gasteiger partial charge in [0.2, 0.25) is 0 Å². The third kappa shape index (κ3) is 2.37. The lowest BCUT2D eigenvalue weighted by atomic mass is 10.0. The highest BCUT2D eigenvalue weighted by molar-refractivity contribution is 7.80. The van der Waals surface area contributed by atoms with Crippen molar-refractivity contribution in [1.29, 1.82) is 5.26 Å². The summed E-state index contributed by atoms with van der Waals surface area (Å²) in [7, 11) is 0. The van der Waals surface area contributed by atoms with E-state index in [1.54, 1.807) is 13.0 Å². The van der Waals surface area contributed by atoms with Gasteiger partial charge < -0.3 is 4.74 Å². The zero-order valence-electron chi connectivity index (χ0n) is 9.28. The molecule has 0 unspecified atom stereocenters. The first-order valence-corrected chi connectivity index (χ1v) is 5.52. The number of thiol groups is 1. The average molecular weight is 235 g/mol. The van der Waals surface area contributed by atoms with E-state index in [0.29, 0.717) is 10.5 Å². The van der Waals surface area contributed by atoms with Crippen LogP contribution in [0.1, 0.15) is 35.3 Å². The van der Waals surface area contributed by atoms with Gasteiger partial charge in [-0.05, 0) is 25.0 Å². The Labute approximate surface area is 100 Å². The lowest BCUT2D eigenvalue weighted by Gasteiger charge is -2.10. The number of ether oxygens (including phenoxy) is 1. The predicted octanol–water partition coefficient (Wildman–Crippen LogP) is 2.59. The van der Waals surface area contributed by atoms with E-state index in [1.165, 1.54) is 0 Å². The van der Waals surface area contributed by atoms with E-state index in [2.05, 4.69) is 12.6 Å². The van der Waals surface area contributed by atoms with Gasteiger partial charge in [0.05, 0.1) is 17.7 Å². The van der Waals surface area contributed by atoms with Crippen molar-refractivity contribution in [3.05, 3.63) is 28.8 Å². The SMILES string of the molecule is CCOC(=O)c1c(C#N)ccc(CC)c1S. The highest BCUT2D eigenvalue weighted by Crippen LogP contribution is 2.24. The van der Waals surface area contributed by atoms with Crippen LogP contribution in [-0.2, 0) is 11.2 Å². The van der Waals surface area contributed by atoms with E-state index in [1.807, 2.05) is 19.1 Å². The fraction of sp³-hybridized carbons (Fsp3) is 0.333. The minimum absolute atomic E-state index is 0.270. The molecule has 0 saturated heterocycles. The summed E-state index contributed by atoms with van der Waals surface area (Å²) in [6.07, 6.45) is 0.761. The van der Waals surface area contributed by atoms with Crippen molar-refractivity contribution in [1.82, 2.24) is 0 Å². The molecule has 0 atom stereocenters. The van der Waals surface area contributed by atoms with Gasteiger partial charge in [-0.1, -0.05) is 13.0 Å². The summed E-state index contributed by atoms with van der Waals surface area (Å²) in [5.74, 6) is -0.487. The van der Waals surface area contributed by atoms with Crippen LogP contribution in [0.3, 0.4) is 0 Å². The average Bonchev–Trinajstić information content (AvgIpc) is 2.28. The van der Waals surface area contributed by atoms with E-state index < -0.39 is 5.97 Å². The fourth-order valence-electron chi connectivity index (χ4n) is 1.42. The van der Waals surface area contributed by atoms with Crippen molar-refractivity contribution in [3.8, 4) is 6.07 Å². The van der Waals surface area contributed by atoms with Gasteiger partial charge in [-0.3, -0.25) is 0 Å². The van der Waals surface area contributed by atoms with Crippen molar-refractivity contribution in [2.45, 2.75) is 25.2 Å². The molecule has 4 heteroatoms. The van der Waals surface area contributed by atoms with Crippen LogP contribution in [-0.4, -0.2) is 12.6 Å². The number of rotatable bonds is 3. The monoisotopic (exact) mass is 235 g/mol. The second-order valence-electron chi connectivity index (χ2n) is 3.18. The number of esters is 1. The van der Waals surface area contributed by atoms with E-state index >= 15 is 0 Å². The molecule has 0 aliphatic rings. The Hall–Kier alpha value is -1.47. The fourth-order valence-corrected chi connectivity index (χ4v) is 1.87. The van der Waals surface area contributed by atoms with Crippen molar-refractivity contribution in [2.75, 3.05) is 6.61 Å². The topological polar surface area (TPSA) is 50.1 Å². The molecule has 0 radical (unpaired) electrons. The molecule has 0 aromatic heterocycles. The summed E-state index contributed by atoms with van der Waals surface area (Å²) < 4.78 is 4.91. The molecule has 0 heterocycles. The first-order valence-electron chi connectivity index (χ1n) is 5.07. The number of hydrogen-bond donors (Lipinski definition) is 1. The predicted molar refractivity (Wildman–Crippen MR) is 63.7 cm³/mol. The number of nitrogens with zero attached hydrogens (tertiary/aromatic N) is 1. The number of nitriles is 1. The number of benzene rings is 1. The van der Waals surface area contributed by atoms with Crippen molar-refractivity contribution in [2.24, 2.45) is 0 Å². The Morgan fingerprint density at radius 3 is 2.69 bits per heavy atom. The number of carbonyl (C=O) groups excluding carboxylic acids is 1. The second kappa shape index (κ2) is 5.57. The Balaban J connectivity index is 3.33. The minimum atomic E-state index is -0.487. The summed E-state index contributed by atoms with van der Waals surface area (Å²) in [5, 5.41) is 8.93. The van der Waals surface area contributed by atoms with Crippen molar-refractivity contribution >= 4 is 18.6 Å². The maximum atomic E-state index is 11.7. The molecule has 0 aliphatic heterocycles. The summed E-state index contributed by atoms with van der Waals surface area (Å²) in [6, 6.07) is 5.42. The van der Waals surface area contributed by atoms with E-state index in [0.717, 1.165) is 12.0 Å². The third-order valence-electron chi connectivity index (χ3n) is 2.24. The van der Waals surface area contributed by atoms with Gasteiger partial charge in [-0.2, -0.15) is 5.26 Å². The summed E-state index contributed by atoms with van der Waals surface area (Å²) in [5.41, 5.74) is 1.51. The molecule has 0 fully saturated rings. The van der Waals surface area contributed by atoms with Crippen LogP contribution in [0.2, 0.25) is 0 Å². The third-order valence-corrected chi connectivity index (χ3v) is 2.75. The Kier molecular flexibility index (Phi) is 4.39. The Morgan fingerprint density at radius 2 is 2.19 bits per heavy atom. The lowest BCUT2D eigenvalue weighted by Crippen LogP contribution is -2.09. The molecule has 1 rings (SSSR count). The van der Waals surface area contributed by atoms with Crippen LogP contribution >= 0.6 is 12.6 Å². The van der Waals surface area contributed by atoms with E-state index in [-0.39, 0.29) is 12.2 Å². The molecular weight excluding hydrogens is 222 g/mol. The quantitative estimate of drug-likeness (QED) is 0.647. The smallest absolute Gasteiger partial charge is 0.340 e. The zero-order valence-corrected chi connectivity index (χ0v) is 10.2. The van der Waals surface area contributed by atoms with Crippen LogP contribution < -0.4 is 0 Å². The Morgan fingerprint density at radius 1 is 1.50 bits per heavy atom. The molecule has 1 aromatic rings. The van der Waals surface area contributed by atoms with Crippen LogP contribution in [0.5, 0.6) is 0 Å². The summed E-state index contributed by atoms with van der Waals surface area (Å²) in [4.78, 5) is 12.2. The first-order chi connectivity index (χ1) is 7.65. The molecule has 1 aromatic carbocycles. The van der Waals surface area contributed by atoms with E-state index in [4.69, 9.17) is 10.00 Å². The molecule has 0 aliphatic carbocycles. The Bertz CT molecular complexity index is 449. The minimum Gasteiger partial charge on any atom is -0.462 e. The highest BCUT2D eigenvalue weighted by Gasteiger charge is 2.18. The van der Waals surface area contributed by atoms with E-state index in [9.17, 15) is 4.79 Å². The van der Waals surface area contributed by atoms with Gasteiger partial charge in [0.25, 0.3) is 0 Å². The number of hydrogen-bond acceptors (Lipinski definition) is 4. The van der Waals surface area contributed by atoms with Crippen molar-refractivity contribution < 1.29 is 9.53 Å². The molecular formula is C12H13NO2S. The molecule has 84 valence electrons. The van der Waals surface area contributed by atoms with Gasteiger partial charge in [-0.25, -0.2) is 4.79 Å². The lowest BCUT2D eigenvalue weighted by molar-refractivity contribution is 0.0522. The van der Waals surface area contributed by atoms with Gasteiger partial charge in [0, 0.05) is 4.90 Å². The summed E-state index contributed by atoms with van der Waals surface area (Å²) >= 11 is 4.30. The number of aryl methyl sites for hydroxylation is 1. The largest absolute Gasteiger partial charge is 0.462 e. The zero-order chi connectivity index (χ0) is 12.1.